The second-order valence-corrected chi connectivity index (χ2v) is 5.14. The lowest BCUT2D eigenvalue weighted by Gasteiger charge is -2.18. The fourth-order valence-corrected chi connectivity index (χ4v) is 1.67. The molecule has 18 heavy (non-hydrogen) atoms. The third-order valence-electron chi connectivity index (χ3n) is 3.10. The Morgan fingerprint density at radius 3 is 2.72 bits per heavy atom. The fraction of sp³-hybridized carbons (Fsp3) is 0.533. The summed E-state index contributed by atoms with van der Waals surface area (Å²) in [6, 6.07) is 8.01. The van der Waals surface area contributed by atoms with Crippen LogP contribution in [0.4, 0.5) is 0 Å². The summed E-state index contributed by atoms with van der Waals surface area (Å²) in [5.74, 6) is 0.109. The minimum absolute atomic E-state index is 0.559. The molecule has 1 rings (SSSR count). The van der Waals surface area contributed by atoms with Gasteiger partial charge in [0.1, 0.15) is 5.75 Å². The molecular weight excluding hydrogens is 228 g/mol. The van der Waals surface area contributed by atoms with Gasteiger partial charge in [-0.2, -0.15) is 0 Å². The molecule has 0 aliphatic carbocycles. The van der Waals surface area contributed by atoms with Crippen molar-refractivity contribution in [3.05, 3.63) is 29.8 Å². The van der Waals surface area contributed by atoms with Crippen LogP contribution in [-0.4, -0.2) is 17.7 Å². The molecule has 0 aliphatic rings. The molecule has 0 fully saturated rings. The van der Waals surface area contributed by atoms with Gasteiger partial charge in [-0.25, -0.2) is 0 Å². The van der Waals surface area contributed by atoms with Crippen LogP contribution in [-0.2, 0) is 11.2 Å². The summed E-state index contributed by atoms with van der Waals surface area (Å²) in [7, 11) is 0. The molecule has 1 aromatic rings. The van der Waals surface area contributed by atoms with Crippen molar-refractivity contribution in [2.75, 3.05) is 6.61 Å². The van der Waals surface area contributed by atoms with Gasteiger partial charge in [0.05, 0.1) is 12.0 Å². The molecule has 0 saturated heterocycles. The summed E-state index contributed by atoms with van der Waals surface area (Å²) in [6.45, 7) is 6.15. The van der Waals surface area contributed by atoms with Crippen molar-refractivity contribution in [2.45, 2.75) is 40.0 Å². The largest absolute Gasteiger partial charge is 0.494 e. The molecule has 1 aromatic carbocycles. The first kappa shape index (κ1) is 14.6. The molecule has 3 heteroatoms. The van der Waals surface area contributed by atoms with E-state index in [9.17, 15) is 4.79 Å². The van der Waals surface area contributed by atoms with Gasteiger partial charge in [-0.05, 0) is 50.8 Å². The highest BCUT2D eigenvalue weighted by atomic mass is 16.5. The Morgan fingerprint density at radius 2 is 2.11 bits per heavy atom. The van der Waals surface area contributed by atoms with Crippen molar-refractivity contribution in [2.24, 2.45) is 5.41 Å². The SMILES string of the molecule is CCc1cccc(OCCCC(C)(C)C(=O)O)c1. The van der Waals surface area contributed by atoms with Crippen LogP contribution in [0.1, 0.15) is 39.2 Å². The van der Waals surface area contributed by atoms with Gasteiger partial charge in [-0.15, -0.1) is 0 Å². The van der Waals surface area contributed by atoms with E-state index in [0.717, 1.165) is 18.6 Å². The number of aliphatic carboxylic acids is 1. The molecule has 0 unspecified atom stereocenters. The Balaban J connectivity index is 2.36. The average Bonchev–Trinajstić information content (AvgIpc) is 2.35. The van der Waals surface area contributed by atoms with E-state index in [4.69, 9.17) is 9.84 Å². The normalized spacial score (nSPS) is 11.3. The van der Waals surface area contributed by atoms with Crippen LogP contribution in [0.25, 0.3) is 0 Å². The van der Waals surface area contributed by atoms with Gasteiger partial charge < -0.3 is 9.84 Å². The van der Waals surface area contributed by atoms with Crippen molar-refractivity contribution in [1.29, 1.82) is 0 Å². The quantitative estimate of drug-likeness (QED) is 0.753. The Hall–Kier alpha value is -1.51. The summed E-state index contributed by atoms with van der Waals surface area (Å²) < 4.78 is 5.63. The van der Waals surface area contributed by atoms with Crippen LogP contribution < -0.4 is 4.74 Å². The van der Waals surface area contributed by atoms with E-state index >= 15 is 0 Å². The van der Waals surface area contributed by atoms with E-state index in [2.05, 4.69) is 13.0 Å². The molecule has 0 aliphatic heterocycles. The van der Waals surface area contributed by atoms with Crippen LogP contribution in [0.15, 0.2) is 24.3 Å². The first-order chi connectivity index (χ1) is 8.45. The van der Waals surface area contributed by atoms with Gasteiger partial charge in [0, 0.05) is 0 Å². The van der Waals surface area contributed by atoms with Crippen LogP contribution in [0.3, 0.4) is 0 Å². The number of aryl methyl sites for hydroxylation is 1. The number of rotatable bonds is 7. The molecule has 0 saturated carbocycles. The van der Waals surface area contributed by atoms with Crippen LogP contribution >= 0.6 is 0 Å². The number of carbonyl (C=O) groups is 1. The van der Waals surface area contributed by atoms with Gasteiger partial charge >= 0.3 is 5.97 Å². The minimum atomic E-state index is -0.754. The lowest BCUT2D eigenvalue weighted by atomic mass is 9.88. The predicted molar refractivity (Wildman–Crippen MR) is 72.0 cm³/mol. The van der Waals surface area contributed by atoms with E-state index in [1.54, 1.807) is 13.8 Å². The maximum absolute atomic E-state index is 10.9. The Morgan fingerprint density at radius 1 is 1.39 bits per heavy atom. The van der Waals surface area contributed by atoms with Gasteiger partial charge in [0.2, 0.25) is 0 Å². The molecule has 0 atom stereocenters. The van der Waals surface area contributed by atoms with Gasteiger partial charge in [-0.3, -0.25) is 4.79 Å². The number of hydrogen-bond acceptors (Lipinski definition) is 2. The van der Waals surface area contributed by atoms with Crippen molar-refractivity contribution in [1.82, 2.24) is 0 Å². The molecule has 0 spiro atoms. The van der Waals surface area contributed by atoms with E-state index in [-0.39, 0.29) is 0 Å². The molecule has 3 nitrogen and oxygen atoms in total. The van der Waals surface area contributed by atoms with Crippen LogP contribution in [0.2, 0.25) is 0 Å². The van der Waals surface area contributed by atoms with Crippen molar-refractivity contribution < 1.29 is 14.6 Å². The molecule has 0 heterocycles. The monoisotopic (exact) mass is 250 g/mol. The summed E-state index contributed by atoms with van der Waals surface area (Å²) in [5.41, 5.74) is 0.576. The summed E-state index contributed by atoms with van der Waals surface area (Å²) in [6.07, 6.45) is 2.36. The Bertz CT molecular complexity index is 396. The van der Waals surface area contributed by atoms with E-state index < -0.39 is 11.4 Å². The zero-order chi connectivity index (χ0) is 13.6. The van der Waals surface area contributed by atoms with E-state index in [1.807, 2.05) is 18.2 Å². The highest BCUT2D eigenvalue weighted by Crippen LogP contribution is 2.22. The third-order valence-corrected chi connectivity index (χ3v) is 3.10. The van der Waals surface area contributed by atoms with Crippen LogP contribution in [0.5, 0.6) is 5.75 Å². The van der Waals surface area contributed by atoms with Crippen LogP contribution in [0, 0.1) is 5.41 Å². The number of benzene rings is 1. The fourth-order valence-electron chi connectivity index (χ4n) is 1.67. The van der Waals surface area contributed by atoms with Gasteiger partial charge in [0.25, 0.3) is 0 Å². The van der Waals surface area contributed by atoms with Crippen molar-refractivity contribution in [3.8, 4) is 5.75 Å². The van der Waals surface area contributed by atoms with E-state index in [0.29, 0.717) is 13.0 Å². The number of hydrogen-bond donors (Lipinski definition) is 1. The molecule has 0 aromatic heterocycles. The molecule has 100 valence electrons. The summed E-state index contributed by atoms with van der Waals surface area (Å²) in [4.78, 5) is 10.9. The second-order valence-electron chi connectivity index (χ2n) is 5.14. The maximum Gasteiger partial charge on any atom is 0.309 e. The third kappa shape index (κ3) is 4.40. The summed E-state index contributed by atoms with van der Waals surface area (Å²) in [5, 5.41) is 8.99. The number of ether oxygens (including phenoxy) is 1. The lowest BCUT2D eigenvalue weighted by molar-refractivity contribution is -0.147. The molecule has 1 N–H and O–H groups in total. The molecular formula is C15H22O3. The smallest absolute Gasteiger partial charge is 0.309 e. The van der Waals surface area contributed by atoms with Crippen molar-refractivity contribution >= 4 is 5.97 Å². The zero-order valence-electron chi connectivity index (χ0n) is 11.4. The van der Waals surface area contributed by atoms with Crippen molar-refractivity contribution in [3.63, 3.8) is 0 Å². The molecule has 0 radical (unpaired) electrons. The second kappa shape index (κ2) is 6.43. The minimum Gasteiger partial charge on any atom is -0.494 e. The average molecular weight is 250 g/mol. The lowest BCUT2D eigenvalue weighted by Crippen LogP contribution is -2.24. The summed E-state index contributed by atoms with van der Waals surface area (Å²) >= 11 is 0. The maximum atomic E-state index is 10.9. The molecule has 0 bridgehead atoms. The molecule has 0 amide bonds. The standard InChI is InChI=1S/C15H22O3/c1-4-12-7-5-8-13(11-12)18-10-6-9-15(2,3)14(16)17/h5,7-8,11H,4,6,9-10H2,1-3H3,(H,16,17). The Kier molecular flexibility index (Phi) is 5.20. The van der Waals surface area contributed by atoms with E-state index in [1.165, 1.54) is 5.56 Å². The topological polar surface area (TPSA) is 46.5 Å². The number of carboxylic acid groups (broad SMARTS) is 1. The highest BCUT2D eigenvalue weighted by molar-refractivity contribution is 5.73. The first-order valence-corrected chi connectivity index (χ1v) is 6.41. The van der Waals surface area contributed by atoms with Gasteiger partial charge in [-0.1, -0.05) is 19.1 Å². The Labute approximate surface area is 109 Å². The highest BCUT2D eigenvalue weighted by Gasteiger charge is 2.26. The van der Waals surface area contributed by atoms with Gasteiger partial charge in [0.15, 0.2) is 0 Å². The predicted octanol–water partition coefficient (Wildman–Crippen LogP) is 3.52. The zero-order valence-corrected chi connectivity index (χ0v) is 11.4. The number of carboxylic acids is 1. The first-order valence-electron chi connectivity index (χ1n) is 6.41.